The smallest absolute Gasteiger partial charge is 0.323 e. The molecule has 0 amide bonds. The molecule has 7 heteroatoms. The zero-order valence-corrected chi connectivity index (χ0v) is 8.13. The van der Waals surface area contributed by atoms with Crippen LogP contribution in [0.25, 0.3) is 0 Å². The number of hydrazine groups is 1. The Bertz CT molecular complexity index is 352. The van der Waals surface area contributed by atoms with E-state index in [-0.39, 0.29) is 10.7 Å². The monoisotopic (exact) mass is 244 g/mol. The van der Waals surface area contributed by atoms with E-state index in [0.29, 0.717) is 0 Å². The first-order chi connectivity index (χ1) is 6.36. The van der Waals surface area contributed by atoms with Crippen molar-refractivity contribution in [1.82, 2.24) is 0 Å². The molecule has 0 aliphatic rings. The number of hydrogen-bond donors (Lipinski definition) is 2. The van der Waals surface area contributed by atoms with Gasteiger partial charge >= 0.3 is 6.18 Å². The summed E-state index contributed by atoms with van der Waals surface area (Å²) >= 11 is 10.9. The van der Waals surface area contributed by atoms with Crippen molar-refractivity contribution in [1.29, 1.82) is 0 Å². The predicted octanol–water partition coefficient (Wildman–Crippen LogP) is 3.30. The lowest BCUT2D eigenvalue weighted by Crippen LogP contribution is -2.11. The molecule has 0 heterocycles. The zero-order chi connectivity index (χ0) is 10.9. The highest BCUT2D eigenvalue weighted by Gasteiger charge is 2.34. The van der Waals surface area contributed by atoms with E-state index >= 15 is 0 Å². The number of anilines is 1. The highest BCUT2D eigenvalue weighted by Crippen LogP contribution is 2.39. The number of alkyl halides is 3. The Hall–Kier alpha value is -0.650. The fraction of sp³-hybridized carbons (Fsp3) is 0.143. The molecule has 3 N–H and O–H groups in total. The summed E-state index contributed by atoms with van der Waals surface area (Å²) < 4.78 is 37.0. The van der Waals surface area contributed by atoms with Gasteiger partial charge in [-0.05, 0) is 12.1 Å². The van der Waals surface area contributed by atoms with E-state index in [1.807, 2.05) is 5.43 Å². The number of halogens is 5. The Morgan fingerprint density at radius 3 is 2.21 bits per heavy atom. The van der Waals surface area contributed by atoms with Crippen molar-refractivity contribution in [3.8, 4) is 0 Å². The quantitative estimate of drug-likeness (QED) is 0.588. The van der Waals surface area contributed by atoms with Gasteiger partial charge in [0.15, 0.2) is 0 Å². The molecule has 0 radical (unpaired) electrons. The van der Waals surface area contributed by atoms with Gasteiger partial charge in [0.05, 0.1) is 16.3 Å². The molecule has 1 aromatic rings. The van der Waals surface area contributed by atoms with Crippen LogP contribution in [0.2, 0.25) is 10.0 Å². The average molecular weight is 245 g/mol. The Morgan fingerprint density at radius 2 is 1.79 bits per heavy atom. The van der Waals surface area contributed by atoms with Gasteiger partial charge in [0.1, 0.15) is 0 Å². The SMILES string of the molecule is NNc1cc(Cl)cc(C(F)(F)F)c1Cl. The number of benzene rings is 1. The fourth-order valence-electron chi connectivity index (χ4n) is 0.901. The van der Waals surface area contributed by atoms with Gasteiger partial charge in [0.25, 0.3) is 0 Å². The van der Waals surface area contributed by atoms with Gasteiger partial charge in [0, 0.05) is 5.02 Å². The Labute approximate surface area is 87.8 Å². The van der Waals surface area contributed by atoms with Crippen LogP contribution in [0.3, 0.4) is 0 Å². The number of rotatable bonds is 1. The molecule has 0 saturated carbocycles. The van der Waals surface area contributed by atoms with E-state index in [4.69, 9.17) is 29.0 Å². The first kappa shape index (κ1) is 11.4. The van der Waals surface area contributed by atoms with Crippen LogP contribution < -0.4 is 11.3 Å². The van der Waals surface area contributed by atoms with E-state index in [9.17, 15) is 13.2 Å². The van der Waals surface area contributed by atoms with Gasteiger partial charge in [0.2, 0.25) is 0 Å². The van der Waals surface area contributed by atoms with Crippen LogP contribution in [0.4, 0.5) is 18.9 Å². The second-order valence-electron chi connectivity index (χ2n) is 2.46. The molecule has 0 fully saturated rings. The van der Waals surface area contributed by atoms with Crippen LogP contribution in [-0.4, -0.2) is 0 Å². The van der Waals surface area contributed by atoms with Crippen LogP contribution in [0.5, 0.6) is 0 Å². The Morgan fingerprint density at radius 1 is 1.21 bits per heavy atom. The lowest BCUT2D eigenvalue weighted by Gasteiger charge is -2.12. The first-order valence-corrected chi connectivity index (χ1v) is 4.14. The van der Waals surface area contributed by atoms with Crippen LogP contribution in [0.1, 0.15) is 5.56 Å². The van der Waals surface area contributed by atoms with Crippen molar-refractivity contribution < 1.29 is 13.2 Å². The van der Waals surface area contributed by atoms with Crippen LogP contribution in [0.15, 0.2) is 12.1 Å². The maximum absolute atomic E-state index is 12.3. The molecule has 0 saturated heterocycles. The summed E-state index contributed by atoms with van der Waals surface area (Å²) in [6.45, 7) is 0. The third-order valence-corrected chi connectivity index (χ3v) is 2.12. The van der Waals surface area contributed by atoms with E-state index < -0.39 is 16.8 Å². The first-order valence-electron chi connectivity index (χ1n) is 3.39. The Balaban J connectivity index is 3.37. The molecular formula is C7H5Cl2F3N2. The molecule has 1 aromatic carbocycles. The number of nitrogens with one attached hydrogen (secondary N) is 1. The lowest BCUT2D eigenvalue weighted by molar-refractivity contribution is -0.137. The third-order valence-electron chi connectivity index (χ3n) is 1.50. The molecule has 0 aliphatic heterocycles. The molecule has 0 spiro atoms. The van der Waals surface area contributed by atoms with Gasteiger partial charge in [-0.3, -0.25) is 5.84 Å². The van der Waals surface area contributed by atoms with E-state index in [1.54, 1.807) is 0 Å². The average Bonchev–Trinajstić information content (AvgIpc) is 2.06. The summed E-state index contributed by atoms with van der Waals surface area (Å²) in [6, 6.07) is 1.95. The summed E-state index contributed by atoms with van der Waals surface area (Å²) in [4.78, 5) is 0. The van der Waals surface area contributed by atoms with Crippen LogP contribution >= 0.6 is 23.2 Å². The summed E-state index contributed by atoms with van der Waals surface area (Å²) in [5, 5.41) is -0.584. The molecule has 0 atom stereocenters. The maximum atomic E-state index is 12.3. The number of hydrogen-bond acceptors (Lipinski definition) is 2. The maximum Gasteiger partial charge on any atom is 0.417 e. The summed E-state index contributed by atoms with van der Waals surface area (Å²) in [7, 11) is 0. The van der Waals surface area contributed by atoms with Crippen molar-refractivity contribution >= 4 is 28.9 Å². The molecule has 2 nitrogen and oxygen atoms in total. The zero-order valence-electron chi connectivity index (χ0n) is 6.62. The fourth-order valence-corrected chi connectivity index (χ4v) is 1.39. The summed E-state index contributed by atoms with van der Waals surface area (Å²) in [6.07, 6.45) is -4.55. The highest BCUT2D eigenvalue weighted by molar-refractivity contribution is 6.36. The van der Waals surface area contributed by atoms with Gasteiger partial charge in [-0.1, -0.05) is 23.2 Å². The minimum atomic E-state index is -4.55. The van der Waals surface area contributed by atoms with Crippen LogP contribution in [-0.2, 0) is 6.18 Å². The second kappa shape index (κ2) is 3.84. The minimum Gasteiger partial charge on any atom is -0.323 e. The molecule has 0 aromatic heterocycles. The molecule has 0 bridgehead atoms. The topological polar surface area (TPSA) is 38.0 Å². The van der Waals surface area contributed by atoms with E-state index in [1.165, 1.54) is 6.07 Å². The van der Waals surface area contributed by atoms with Crippen molar-refractivity contribution in [3.05, 3.63) is 27.7 Å². The molecular weight excluding hydrogens is 240 g/mol. The molecule has 0 aliphatic carbocycles. The van der Waals surface area contributed by atoms with Gasteiger partial charge in [-0.25, -0.2) is 0 Å². The molecule has 0 unspecified atom stereocenters. The standard InChI is InChI=1S/C7H5Cl2F3N2/c8-3-1-4(7(10,11)12)6(9)5(2-3)14-13/h1-2,14H,13H2. The van der Waals surface area contributed by atoms with Crippen molar-refractivity contribution in [2.45, 2.75) is 6.18 Å². The Kier molecular flexibility index (Phi) is 3.14. The van der Waals surface area contributed by atoms with Gasteiger partial charge < -0.3 is 5.43 Å². The summed E-state index contributed by atoms with van der Waals surface area (Å²) in [5.74, 6) is 4.97. The minimum absolute atomic E-state index is 0.0634. The predicted molar refractivity (Wildman–Crippen MR) is 49.3 cm³/mol. The molecule has 14 heavy (non-hydrogen) atoms. The number of nitrogens with two attached hydrogens (primary N) is 1. The van der Waals surface area contributed by atoms with Gasteiger partial charge in [-0.15, -0.1) is 0 Å². The third kappa shape index (κ3) is 2.23. The molecule has 78 valence electrons. The summed E-state index contributed by atoms with van der Waals surface area (Å²) in [5.41, 5.74) is 0.954. The van der Waals surface area contributed by atoms with Crippen LogP contribution in [0, 0.1) is 0 Å². The number of nitrogen functional groups attached to an aromatic ring is 1. The van der Waals surface area contributed by atoms with Crippen molar-refractivity contribution in [2.75, 3.05) is 5.43 Å². The normalized spacial score (nSPS) is 11.6. The molecule has 1 rings (SSSR count). The van der Waals surface area contributed by atoms with Gasteiger partial charge in [-0.2, -0.15) is 13.2 Å². The van der Waals surface area contributed by atoms with E-state index in [0.717, 1.165) is 6.07 Å². The second-order valence-corrected chi connectivity index (χ2v) is 3.27. The van der Waals surface area contributed by atoms with Crippen molar-refractivity contribution in [2.24, 2.45) is 5.84 Å². The highest BCUT2D eigenvalue weighted by atomic mass is 35.5. The largest absolute Gasteiger partial charge is 0.417 e. The van der Waals surface area contributed by atoms with Crippen molar-refractivity contribution in [3.63, 3.8) is 0 Å². The lowest BCUT2D eigenvalue weighted by atomic mass is 10.2. The van der Waals surface area contributed by atoms with E-state index in [2.05, 4.69) is 0 Å².